The minimum absolute atomic E-state index is 0.0383. The van der Waals surface area contributed by atoms with Crippen molar-refractivity contribution in [3.8, 4) is 5.75 Å². The third kappa shape index (κ3) is 44.5. The molecule has 1 aromatic rings. The number of benzene rings is 1. The van der Waals surface area contributed by atoms with E-state index in [1.165, 1.54) is 20.8 Å². The number of unbranched alkanes of at least 4 members (excludes halogenated alkanes) is 9. The fraction of sp³-hybridized carbons (Fsp3) is 0.729. The van der Waals surface area contributed by atoms with Crippen molar-refractivity contribution in [3.63, 3.8) is 0 Å². The van der Waals surface area contributed by atoms with E-state index in [2.05, 4.69) is 42.0 Å². The molecule has 3 saturated heterocycles. The molecule has 3 aliphatic heterocycles. The first kappa shape index (κ1) is 115. The van der Waals surface area contributed by atoms with Crippen LogP contribution < -0.4 is 42.0 Å². The predicted octanol–water partition coefficient (Wildman–Crippen LogP) is 2.83. The number of carbonyl (C=O) groups excluding carboxylic acids is 17. The van der Waals surface area contributed by atoms with Crippen molar-refractivity contribution in [1.29, 1.82) is 0 Å². The van der Waals surface area contributed by atoms with Crippen molar-refractivity contribution in [2.75, 3.05) is 105 Å². The van der Waals surface area contributed by atoms with Gasteiger partial charge in [0.05, 0.1) is 45.1 Å². The molecule has 1 aromatic carbocycles. The normalized spacial score (nSPS) is 21.8. The van der Waals surface area contributed by atoms with Crippen LogP contribution in [0.1, 0.15) is 199 Å². The van der Waals surface area contributed by atoms with Gasteiger partial charge in [-0.3, -0.25) is 81.5 Å². The van der Waals surface area contributed by atoms with Gasteiger partial charge in [0.25, 0.3) is 0 Å². The monoisotopic (exact) mass is 1920 g/mol. The van der Waals surface area contributed by atoms with Crippen LogP contribution in [-0.4, -0.2) is 298 Å². The SMILES string of the molecule is CC(=O)NC1C(OC(C)=O)[C@@H](OC(C)=O)C(COC(C)=O)O[C@H]1OCCCCCCNC(=O)CCOCC(CNC(=O)CCCC(=O)Oc1c(F)c(F)c(F)c(F)c1F)(COCCC(=O)NCCCCCCO[C@@H]1OC(COC(C)=O)[C@H](OC(C)=O)C(OC(C)=O)C1NC(C)=O)COCCC(=O)NCCCCCCO[C@@H]1OC(COC(C)=O)[C@H](OC(C)=O)C(OC(C)=O)C1NC(C)=O. The number of rotatable bonds is 61. The Kier molecular flexibility index (Phi) is 53.0. The van der Waals surface area contributed by atoms with E-state index >= 15 is 0 Å². The van der Waals surface area contributed by atoms with Gasteiger partial charge in [0.1, 0.15) is 56.3 Å². The van der Waals surface area contributed by atoms with Crippen LogP contribution in [-0.2, 0) is 167 Å². The summed E-state index contributed by atoms with van der Waals surface area (Å²) in [7, 11) is 0. The first-order valence-corrected chi connectivity index (χ1v) is 43.6. The zero-order valence-electron chi connectivity index (χ0n) is 76.8. The Morgan fingerprint density at radius 3 is 0.850 bits per heavy atom. The van der Waals surface area contributed by atoms with Crippen molar-refractivity contribution < 1.29 is 193 Å². The molecule has 0 aliphatic carbocycles. The topological polar surface area (TPSA) is 550 Å². The van der Waals surface area contributed by atoms with Gasteiger partial charge in [-0.1, -0.05) is 38.5 Å². The second kappa shape index (κ2) is 61.4. The molecule has 15 atom stereocenters. The highest BCUT2D eigenvalue weighted by Crippen LogP contribution is 2.34. The zero-order valence-corrected chi connectivity index (χ0v) is 76.8. The molecule has 48 heteroatoms. The van der Waals surface area contributed by atoms with Crippen molar-refractivity contribution in [3.05, 3.63) is 29.1 Å². The minimum atomic E-state index is -2.50. The van der Waals surface area contributed by atoms with Crippen molar-refractivity contribution in [2.24, 2.45) is 5.41 Å². The van der Waals surface area contributed by atoms with Crippen molar-refractivity contribution >= 4 is 101 Å². The Hall–Kier alpha value is -10.5. The maximum atomic E-state index is 14.4. The van der Waals surface area contributed by atoms with E-state index in [1.54, 1.807) is 0 Å². The molecule has 43 nitrogen and oxygen atoms in total. The molecule has 7 amide bonds. The molecule has 0 saturated carbocycles. The second-order valence-electron chi connectivity index (χ2n) is 31.5. The van der Waals surface area contributed by atoms with Crippen LogP contribution in [0.5, 0.6) is 5.75 Å². The Morgan fingerprint density at radius 1 is 0.301 bits per heavy atom. The van der Waals surface area contributed by atoms with Gasteiger partial charge >= 0.3 is 59.7 Å². The molecular formula is C85H126F5N7O36. The lowest BCUT2D eigenvalue weighted by atomic mass is 9.90. The lowest BCUT2D eigenvalue weighted by Crippen LogP contribution is -2.66. The average molecular weight is 1920 g/mol. The number of hydrogen-bond donors (Lipinski definition) is 7. The standard InChI is InChI=1S/C85H126F5N7O36/c1-47(98)95-72-79(127-56(10)107)75(124-53(7)104)59(40-121-50(4)101)130-82(72)118-34-22-16-13-19-31-91-63(111)28-37-115-44-85(43-94-62(110)26-25-27-66(114)133-78-70(89)68(87)67(86)69(88)71(78)90,45-116-38-29-64(112)92-32-20-14-17-23-35-119-83-73(96-48(2)99)80(128-57(11)108)76(125-54(8)105)60(131-83)41-122-51(5)102)46-117-39-30-65(113)93-33-21-15-18-24-36-120-84-74(97-49(3)100)81(129-58(12)109)77(126-55(9)106)61(132-84)42-123-52(6)103/h59-61,72-77,79-84H,13-46H2,1-12H3,(H,91,111)(H,92,112)(H,93,113)(H,94,110)(H,95,98)(H,96,99)(H,97,100)/t59?,60?,61?,72?,73?,74?,75-,76-,77-,79?,80?,81?,82+,83+,84+,85?/m0/s1. The highest BCUT2D eigenvalue weighted by Gasteiger charge is 2.55. The average Bonchev–Trinajstić information content (AvgIpc) is 0.765. The highest BCUT2D eigenvalue weighted by molar-refractivity contribution is 5.79. The van der Waals surface area contributed by atoms with Crippen molar-refractivity contribution in [2.45, 2.75) is 291 Å². The van der Waals surface area contributed by atoms with Crippen LogP contribution in [0.4, 0.5) is 22.0 Å². The maximum Gasteiger partial charge on any atom is 0.311 e. The van der Waals surface area contributed by atoms with Crippen LogP contribution in [0.2, 0.25) is 0 Å². The smallest absolute Gasteiger partial charge is 0.311 e. The minimum Gasteiger partial charge on any atom is -0.463 e. The summed E-state index contributed by atoms with van der Waals surface area (Å²) in [5, 5.41) is 19.0. The first-order valence-electron chi connectivity index (χ1n) is 43.6. The number of ether oxygens (including phenoxy) is 19. The number of halogens is 5. The summed E-state index contributed by atoms with van der Waals surface area (Å²) in [6.45, 7) is 11.0. The summed E-state index contributed by atoms with van der Waals surface area (Å²) in [5.74, 6) is -25.9. The lowest BCUT2D eigenvalue weighted by Gasteiger charge is -2.44. The van der Waals surface area contributed by atoms with Crippen LogP contribution in [0, 0.1) is 34.5 Å². The van der Waals surface area contributed by atoms with E-state index < -0.39 is 272 Å². The largest absolute Gasteiger partial charge is 0.463 e. The molecular weight excluding hydrogens is 1790 g/mol. The number of carbonyl (C=O) groups is 17. The fourth-order valence-corrected chi connectivity index (χ4v) is 13.8. The molecule has 752 valence electrons. The maximum absolute atomic E-state index is 14.4. The lowest BCUT2D eigenvalue weighted by molar-refractivity contribution is -0.277. The molecule has 7 N–H and O–H groups in total. The number of hydrogen-bond acceptors (Lipinski definition) is 36. The van der Waals surface area contributed by atoms with Gasteiger partial charge in [-0.2, -0.15) is 8.78 Å². The van der Waals surface area contributed by atoms with E-state index in [-0.39, 0.29) is 105 Å². The van der Waals surface area contributed by atoms with Crippen LogP contribution in [0.25, 0.3) is 0 Å². The van der Waals surface area contributed by atoms with Gasteiger partial charge in [-0.15, -0.1) is 0 Å². The Bertz CT molecular complexity index is 3670. The summed E-state index contributed by atoms with van der Waals surface area (Å²) < 4.78 is 178. The molecule has 3 fully saturated rings. The first-order chi connectivity index (χ1) is 63.0. The number of esters is 10. The Morgan fingerprint density at radius 2 is 0.571 bits per heavy atom. The third-order valence-electron chi connectivity index (χ3n) is 19.7. The van der Waals surface area contributed by atoms with Crippen LogP contribution >= 0.6 is 0 Å². The molecule has 0 aromatic heterocycles. The molecule has 3 heterocycles. The molecule has 3 aliphatic rings. The van der Waals surface area contributed by atoms with Crippen LogP contribution in [0.3, 0.4) is 0 Å². The predicted molar refractivity (Wildman–Crippen MR) is 442 cm³/mol. The van der Waals surface area contributed by atoms with E-state index in [0.29, 0.717) is 77.0 Å². The van der Waals surface area contributed by atoms with Crippen LogP contribution in [0.15, 0.2) is 0 Å². The second-order valence-corrected chi connectivity index (χ2v) is 31.5. The van der Waals surface area contributed by atoms with E-state index in [1.807, 2.05) is 0 Å². The van der Waals surface area contributed by atoms with Gasteiger partial charge in [0, 0.05) is 161 Å². The van der Waals surface area contributed by atoms with E-state index in [9.17, 15) is 103 Å². The van der Waals surface area contributed by atoms with Gasteiger partial charge in [-0.05, 0) is 44.9 Å². The Balaban J connectivity index is 1.45. The summed E-state index contributed by atoms with van der Waals surface area (Å²) in [6, 6.07) is -3.54. The van der Waals surface area contributed by atoms with Gasteiger partial charge < -0.3 is 127 Å². The van der Waals surface area contributed by atoms with E-state index in [4.69, 9.17) is 85.3 Å². The fourth-order valence-electron chi connectivity index (χ4n) is 13.8. The number of nitrogens with one attached hydrogen (secondary N) is 7. The highest BCUT2D eigenvalue weighted by atomic mass is 19.2. The molecule has 0 spiro atoms. The van der Waals surface area contributed by atoms with Crippen molar-refractivity contribution in [1.82, 2.24) is 37.2 Å². The number of amides is 7. The molecule has 133 heavy (non-hydrogen) atoms. The summed E-state index contributed by atoms with van der Waals surface area (Å²) in [6.07, 6.45) is -11.6. The Labute approximate surface area is 765 Å². The summed E-state index contributed by atoms with van der Waals surface area (Å²) in [5.41, 5.74) is -1.43. The quantitative estimate of drug-likeness (QED) is 0.00937. The van der Waals surface area contributed by atoms with Gasteiger partial charge in [0.2, 0.25) is 76.2 Å². The molecule has 0 bridgehead atoms. The molecule has 4 rings (SSSR count). The summed E-state index contributed by atoms with van der Waals surface area (Å²) in [4.78, 5) is 212. The zero-order chi connectivity index (χ0) is 98.9. The molecule has 0 radical (unpaired) electrons. The third-order valence-corrected chi connectivity index (χ3v) is 19.7. The van der Waals surface area contributed by atoms with Gasteiger partial charge in [0.15, 0.2) is 55.5 Å². The van der Waals surface area contributed by atoms with Gasteiger partial charge in [-0.25, -0.2) is 13.2 Å². The van der Waals surface area contributed by atoms with E-state index in [0.717, 1.165) is 62.3 Å². The summed E-state index contributed by atoms with van der Waals surface area (Å²) >= 11 is 0. The molecule has 9 unspecified atom stereocenters.